The highest BCUT2D eigenvalue weighted by Crippen LogP contribution is 2.23. The number of hydrogen-bond acceptors (Lipinski definition) is 3. The van der Waals surface area contributed by atoms with Crippen molar-refractivity contribution in [2.45, 2.75) is 32.9 Å². The molecular formula is C13H18ClNO3. The van der Waals surface area contributed by atoms with Crippen molar-refractivity contribution in [2.75, 3.05) is 6.61 Å². The third-order valence-electron chi connectivity index (χ3n) is 2.45. The van der Waals surface area contributed by atoms with Crippen LogP contribution in [0.1, 0.15) is 25.8 Å². The van der Waals surface area contributed by atoms with Gasteiger partial charge in [-0.2, -0.15) is 0 Å². The molecular weight excluding hydrogens is 254 g/mol. The van der Waals surface area contributed by atoms with Crippen LogP contribution >= 0.6 is 11.6 Å². The first-order valence-corrected chi connectivity index (χ1v) is 6.29. The molecule has 0 aliphatic rings. The molecule has 0 fully saturated rings. The summed E-state index contributed by atoms with van der Waals surface area (Å²) < 4.78 is 5.59. The van der Waals surface area contributed by atoms with Crippen LogP contribution in [0, 0.1) is 0 Å². The molecule has 0 radical (unpaired) electrons. The van der Waals surface area contributed by atoms with Gasteiger partial charge in [-0.05, 0) is 31.5 Å². The molecule has 4 nitrogen and oxygen atoms in total. The maximum absolute atomic E-state index is 10.7. The Hall–Kier alpha value is -1.26. The normalized spacial score (nSPS) is 12.2. The lowest BCUT2D eigenvalue weighted by molar-refractivity contribution is -0.139. The minimum Gasteiger partial charge on any atom is -0.493 e. The predicted octanol–water partition coefficient (Wildman–Crippen LogP) is 2.69. The molecule has 0 saturated heterocycles. The molecule has 0 saturated carbocycles. The molecule has 0 spiro atoms. The average molecular weight is 272 g/mol. The molecule has 0 amide bonds. The van der Waals surface area contributed by atoms with Crippen LogP contribution in [0.3, 0.4) is 0 Å². The maximum atomic E-state index is 10.7. The van der Waals surface area contributed by atoms with Gasteiger partial charge in [0.15, 0.2) is 0 Å². The van der Waals surface area contributed by atoms with Crippen LogP contribution in [0.25, 0.3) is 0 Å². The van der Waals surface area contributed by atoms with Crippen molar-refractivity contribution in [1.29, 1.82) is 0 Å². The molecule has 1 aromatic carbocycles. The van der Waals surface area contributed by atoms with Crippen LogP contribution < -0.4 is 10.1 Å². The first-order valence-electron chi connectivity index (χ1n) is 5.92. The molecule has 2 N–H and O–H groups in total. The first-order chi connectivity index (χ1) is 8.54. The quantitative estimate of drug-likeness (QED) is 0.801. The van der Waals surface area contributed by atoms with E-state index in [9.17, 15) is 4.79 Å². The van der Waals surface area contributed by atoms with Gasteiger partial charge < -0.3 is 15.2 Å². The molecule has 0 aromatic heterocycles. The average Bonchev–Trinajstić information content (AvgIpc) is 2.34. The number of nitrogens with one attached hydrogen (secondary N) is 1. The van der Waals surface area contributed by atoms with Crippen molar-refractivity contribution < 1.29 is 14.6 Å². The number of hydrogen-bond donors (Lipinski definition) is 2. The van der Waals surface area contributed by atoms with E-state index in [0.717, 1.165) is 17.7 Å². The topological polar surface area (TPSA) is 58.6 Å². The summed E-state index contributed by atoms with van der Waals surface area (Å²) in [6.45, 7) is 4.66. The second kappa shape index (κ2) is 7.24. The van der Waals surface area contributed by atoms with E-state index in [1.165, 1.54) is 0 Å². The van der Waals surface area contributed by atoms with Gasteiger partial charge >= 0.3 is 5.97 Å². The fourth-order valence-electron chi connectivity index (χ4n) is 1.39. The Balaban J connectivity index is 2.72. The molecule has 0 aliphatic carbocycles. The van der Waals surface area contributed by atoms with E-state index in [4.69, 9.17) is 21.4 Å². The standard InChI is InChI=1S/C13H18ClNO3/c1-3-6-18-12-5-4-11(14)7-10(12)8-15-9(2)13(16)17/h4-5,7,9,15H,3,6,8H2,1-2H3,(H,16,17). The number of rotatable bonds is 7. The first kappa shape index (κ1) is 14.8. The number of halogens is 1. The van der Waals surface area contributed by atoms with Gasteiger partial charge in [-0.1, -0.05) is 18.5 Å². The Labute approximate surface area is 112 Å². The van der Waals surface area contributed by atoms with Crippen LogP contribution in [0.5, 0.6) is 5.75 Å². The van der Waals surface area contributed by atoms with Crippen LogP contribution in [0.4, 0.5) is 0 Å². The van der Waals surface area contributed by atoms with Crippen molar-refractivity contribution in [2.24, 2.45) is 0 Å². The highest BCUT2D eigenvalue weighted by molar-refractivity contribution is 6.30. The second-order valence-corrected chi connectivity index (χ2v) is 4.48. The molecule has 100 valence electrons. The van der Waals surface area contributed by atoms with E-state index in [2.05, 4.69) is 5.32 Å². The number of benzene rings is 1. The van der Waals surface area contributed by atoms with E-state index in [0.29, 0.717) is 18.2 Å². The zero-order valence-electron chi connectivity index (χ0n) is 10.6. The number of carboxylic acid groups (broad SMARTS) is 1. The highest BCUT2D eigenvalue weighted by atomic mass is 35.5. The van der Waals surface area contributed by atoms with Gasteiger partial charge in [0.25, 0.3) is 0 Å². The third-order valence-corrected chi connectivity index (χ3v) is 2.69. The van der Waals surface area contributed by atoms with E-state index in [1.807, 2.05) is 6.92 Å². The van der Waals surface area contributed by atoms with Gasteiger partial charge in [0.1, 0.15) is 11.8 Å². The predicted molar refractivity (Wildman–Crippen MR) is 71.2 cm³/mol. The Bertz CT molecular complexity index is 409. The third kappa shape index (κ3) is 4.55. The van der Waals surface area contributed by atoms with Crippen molar-refractivity contribution in [1.82, 2.24) is 5.32 Å². The number of aliphatic carboxylic acids is 1. The SMILES string of the molecule is CCCOc1ccc(Cl)cc1CNC(C)C(=O)O. The molecule has 0 aliphatic heterocycles. The fourth-order valence-corrected chi connectivity index (χ4v) is 1.58. The minimum absolute atomic E-state index is 0.410. The van der Waals surface area contributed by atoms with Gasteiger partial charge in [-0.15, -0.1) is 0 Å². The van der Waals surface area contributed by atoms with E-state index >= 15 is 0 Å². The fraction of sp³-hybridized carbons (Fsp3) is 0.462. The Morgan fingerprint density at radius 3 is 2.89 bits per heavy atom. The van der Waals surface area contributed by atoms with Gasteiger partial charge in [0.05, 0.1) is 6.61 Å². The van der Waals surface area contributed by atoms with E-state index in [1.54, 1.807) is 25.1 Å². The molecule has 0 bridgehead atoms. The number of carboxylic acids is 1. The molecule has 5 heteroatoms. The van der Waals surface area contributed by atoms with Crippen LogP contribution in [-0.2, 0) is 11.3 Å². The summed E-state index contributed by atoms with van der Waals surface area (Å²) in [5, 5.41) is 12.3. The summed E-state index contributed by atoms with van der Waals surface area (Å²) in [5.41, 5.74) is 0.865. The smallest absolute Gasteiger partial charge is 0.320 e. The van der Waals surface area contributed by atoms with Crippen molar-refractivity contribution in [3.63, 3.8) is 0 Å². The molecule has 1 atom stereocenters. The van der Waals surface area contributed by atoms with Gasteiger partial charge in [0.2, 0.25) is 0 Å². The lowest BCUT2D eigenvalue weighted by atomic mass is 10.2. The lowest BCUT2D eigenvalue weighted by Crippen LogP contribution is -2.33. The summed E-state index contributed by atoms with van der Waals surface area (Å²) in [7, 11) is 0. The monoisotopic (exact) mass is 271 g/mol. The zero-order valence-corrected chi connectivity index (χ0v) is 11.3. The Kier molecular flexibility index (Phi) is 5.95. The molecule has 0 heterocycles. The molecule has 1 rings (SSSR count). The summed E-state index contributed by atoms with van der Waals surface area (Å²) in [6, 6.07) is 4.74. The van der Waals surface area contributed by atoms with Crippen LogP contribution in [0.2, 0.25) is 5.02 Å². The van der Waals surface area contributed by atoms with Crippen LogP contribution in [-0.4, -0.2) is 23.7 Å². The van der Waals surface area contributed by atoms with E-state index < -0.39 is 12.0 Å². The number of ether oxygens (including phenoxy) is 1. The number of carbonyl (C=O) groups is 1. The largest absolute Gasteiger partial charge is 0.493 e. The minimum atomic E-state index is -0.881. The summed E-state index contributed by atoms with van der Waals surface area (Å²) >= 11 is 5.93. The van der Waals surface area contributed by atoms with Crippen LogP contribution in [0.15, 0.2) is 18.2 Å². The Morgan fingerprint density at radius 2 is 2.28 bits per heavy atom. The second-order valence-electron chi connectivity index (χ2n) is 4.04. The maximum Gasteiger partial charge on any atom is 0.320 e. The van der Waals surface area contributed by atoms with E-state index in [-0.39, 0.29) is 0 Å². The van der Waals surface area contributed by atoms with Gasteiger partial charge in [-0.25, -0.2) is 0 Å². The van der Waals surface area contributed by atoms with Gasteiger partial charge in [-0.3, -0.25) is 4.79 Å². The van der Waals surface area contributed by atoms with Gasteiger partial charge in [0, 0.05) is 17.1 Å². The molecule has 18 heavy (non-hydrogen) atoms. The summed E-state index contributed by atoms with van der Waals surface area (Å²) in [6.07, 6.45) is 0.918. The zero-order chi connectivity index (χ0) is 13.5. The van der Waals surface area contributed by atoms with Crippen molar-refractivity contribution in [3.8, 4) is 5.75 Å². The lowest BCUT2D eigenvalue weighted by Gasteiger charge is -2.14. The highest BCUT2D eigenvalue weighted by Gasteiger charge is 2.11. The Morgan fingerprint density at radius 1 is 1.56 bits per heavy atom. The summed E-state index contributed by atoms with van der Waals surface area (Å²) in [5.74, 6) is -0.139. The molecule has 1 unspecified atom stereocenters. The summed E-state index contributed by atoms with van der Waals surface area (Å²) in [4.78, 5) is 10.7. The van der Waals surface area contributed by atoms with Crippen molar-refractivity contribution in [3.05, 3.63) is 28.8 Å². The van der Waals surface area contributed by atoms with Crippen molar-refractivity contribution >= 4 is 17.6 Å². The molecule has 1 aromatic rings.